The van der Waals surface area contributed by atoms with E-state index in [4.69, 9.17) is 27.9 Å². The van der Waals surface area contributed by atoms with Gasteiger partial charge in [0.25, 0.3) is 5.91 Å². The van der Waals surface area contributed by atoms with Crippen molar-refractivity contribution in [2.45, 2.75) is 23.8 Å². The van der Waals surface area contributed by atoms with Gasteiger partial charge in [-0.1, -0.05) is 23.2 Å². The summed E-state index contributed by atoms with van der Waals surface area (Å²) in [6.45, 7) is 1.27. The van der Waals surface area contributed by atoms with Crippen LogP contribution >= 0.6 is 23.2 Å². The number of carbonyl (C=O) groups is 2. The van der Waals surface area contributed by atoms with Crippen LogP contribution in [0.15, 0.2) is 0 Å². The SMILES string of the molecule is O=C(NCCNC(=O)C1CCCO1)C(Cl)Cl. The molecule has 0 radical (unpaired) electrons. The molecule has 5 nitrogen and oxygen atoms in total. The van der Waals surface area contributed by atoms with E-state index in [0.717, 1.165) is 12.8 Å². The monoisotopic (exact) mass is 268 g/mol. The molecule has 0 aromatic rings. The van der Waals surface area contributed by atoms with Gasteiger partial charge < -0.3 is 15.4 Å². The third-order valence-corrected chi connectivity index (χ3v) is 2.54. The van der Waals surface area contributed by atoms with Gasteiger partial charge in [-0.2, -0.15) is 0 Å². The van der Waals surface area contributed by atoms with E-state index >= 15 is 0 Å². The van der Waals surface area contributed by atoms with Gasteiger partial charge in [0.1, 0.15) is 6.10 Å². The van der Waals surface area contributed by atoms with Crippen molar-refractivity contribution in [3.8, 4) is 0 Å². The molecule has 0 saturated carbocycles. The van der Waals surface area contributed by atoms with E-state index in [0.29, 0.717) is 19.7 Å². The number of nitrogens with one attached hydrogen (secondary N) is 2. The summed E-state index contributed by atoms with van der Waals surface area (Å²) in [6.07, 6.45) is 1.32. The second-order valence-corrected chi connectivity index (χ2v) is 4.48. The van der Waals surface area contributed by atoms with Gasteiger partial charge in [-0.3, -0.25) is 9.59 Å². The molecule has 1 heterocycles. The molecule has 0 bridgehead atoms. The third-order valence-electron chi connectivity index (χ3n) is 2.14. The average Bonchev–Trinajstić information content (AvgIpc) is 2.76. The van der Waals surface area contributed by atoms with E-state index < -0.39 is 10.7 Å². The summed E-state index contributed by atoms with van der Waals surface area (Å²) >= 11 is 10.6. The average molecular weight is 269 g/mol. The first kappa shape index (κ1) is 13.5. The van der Waals surface area contributed by atoms with E-state index in [1.807, 2.05) is 0 Å². The molecule has 92 valence electrons. The molecular formula is C9H14Cl2N2O3. The van der Waals surface area contributed by atoms with Gasteiger partial charge >= 0.3 is 0 Å². The van der Waals surface area contributed by atoms with E-state index in [-0.39, 0.29) is 12.0 Å². The highest BCUT2D eigenvalue weighted by Gasteiger charge is 2.22. The molecule has 0 aromatic carbocycles. The van der Waals surface area contributed by atoms with Crippen LogP contribution in [0.1, 0.15) is 12.8 Å². The Bertz CT molecular complexity index is 255. The lowest BCUT2D eigenvalue weighted by atomic mass is 10.2. The lowest BCUT2D eigenvalue weighted by molar-refractivity contribution is -0.130. The zero-order valence-corrected chi connectivity index (χ0v) is 10.2. The van der Waals surface area contributed by atoms with Crippen LogP contribution in [-0.4, -0.2) is 42.5 Å². The third kappa shape index (κ3) is 4.55. The van der Waals surface area contributed by atoms with Gasteiger partial charge in [0.15, 0.2) is 4.84 Å². The highest BCUT2D eigenvalue weighted by molar-refractivity contribution is 6.53. The fourth-order valence-corrected chi connectivity index (χ4v) is 1.50. The first-order valence-corrected chi connectivity index (χ1v) is 5.93. The Morgan fingerprint density at radius 2 is 2.00 bits per heavy atom. The van der Waals surface area contributed by atoms with Crippen molar-refractivity contribution >= 4 is 35.0 Å². The Morgan fingerprint density at radius 3 is 2.56 bits per heavy atom. The molecule has 0 spiro atoms. The van der Waals surface area contributed by atoms with Crippen LogP contribution in [0.25, 0.3) is 0 Å². The largest absolute Gasteiger partial charge is 0.368 e. The number of alkyl halides is 2. The van der Waals surface area contributed by atoms with Crippen LogP contribution in [0.3, 0.4) is 0 Å². The molecule has 0 aromatic heterocycles. The zero-order chi connectivity index (χ0) is 12.0. The molecule has 1 aliphatic heterocycles. The maximum Gasteiger partial charge on any atom is 0.253 e. The van der Waals surface area contributed by atoms with Crippen LogP contribution in [-0.2, 0) is 14.3 Å². The molecule has 1 aliphatic rings. The Balaban J connectivity index is 2.06. The highest BCUT2D eigenvalue weighted by Crippen LogP contribution is 2.11. The van der Waals surface area contributed by atoms with E-state index in [1.54, 1.807) is 0 Å². The van der Waals surface area contributed by atoms with Crippen LogP contribution < -0.4 is 10.6 Å². The van der Waals surface area contributed by atoms with Crippen molar-refractivity contribution in [2.24, 2.45) is 0 Å². The standard InChI is InChI=1S/C9H14Cl2N2O3/c10-7(11)9(15)13-4-3-12-8(14)6-2-1-5-16-6/h6-7H,1-5H2,(H,12,14)(H,13,15). The molecule has 2 amide bonds. The number of halogens is 2. The summed E-state index contributed by atoms with van der Waals surface area (Å²) in [6, 6.07) is 0. The first-order chi connectivity index (χ1) is 7.61. The molecule has 2 N–H and O–H groups in total. The van der Waals surface area contributed by atoms with E-state index in [1.165, 1.54) is 0 Å². The van der Waals surface area contributed by atoms with Crippen molar-refractivity contribution in [3.63, 3.8) is 0 Å². The predicted molar refractivity (Wildman–Crippen MR) is 60.5 cm³/mol. The first-order valence-electron chi connectivity index (χ1n) is 5.06. The van der Waals surface area contributed by atoms with Crippen molar-refractivity contribution in [1.82, 2.24) is 10.6 Å². The summed E-state index contributed by atoms with van der Waals surface area (Å²) in [5, 5.41) is 5.12. The zero-order valence-electron chi connectivity index (χ0n) is 8.67. The summed E-state index contributed by atoms with van der Waals surface area (Å²) in [4.78, 5) is 21.3. The Hall–Kier alpha value is -0.520. The van der Waals surface area contributed by atoms with Crippen LogP contribution in [0.2, 0.25) is 0 Å². The normalized spacial score (nSPS) is 19.8. The molecule has 1 unspecified atom stereocenters. The van der Waals surface area contributed by atoms with E-state index in [9.17, 15) is 9.59 Å². The minimum atomic E-state index is -1.08. The maximum absolute atomic E-state index is 11.4. The van der Waals surface area contributed by atoms with Gasteiger partial charge in [-0.05, 0) is 12.8 Å². The van der Waals surface area contributed by atoms with E-state index in [2.05, 4.69) is 10.6 Å². The Morgan fingerprint density at radius 1 is 1.31 bits per heavy atom. The Labute approximate surface area is 104 Å². The fourth-order valence-electron chi connectivity index (χ4n) is 1.35. The van der Waals surface area contributed by atoms with Gasteiger partial charge in [-0.15, -0.1) is 0 Å². The molecule has 1 rings (SSSR count). The number of hydrogen-bond acceptors (Lipinski definition) is 3. The van der Waals surface area contributed by atoms with Gasteiger partial charge in [0.2, 0.25) is 5.91 Å². The molecule has 1 fully saturated rings. The van der Waals surface area contributed by atoms with Crippen molar-refractivity contribution in [3.05, 3.63) is 0 Å². The smallest absolute Gasteiger partial charge is 0.253 e. The number of amides is 2. The Kier molecular flexibility index (Phi) is 5.87. The molecule has 1 atom stereocenters. The highest BCUT2D eigenvalue weighted by atomic mass is 35.5. The number of hydrogen-bond donors (Lipinski definition) is 2. The minimum absolute atomic E-state index is 0.139. The predicted octanol–water partition coefficient (Wildman–Crippen LogP) is 0.201. The molecule has 1 saturated heterocycles. The van der Waals surface area contributed by atoms with Crippen molar-refractivity contribution in [1.29, 1.82) is 0 Å². The summed E-state index contributed by atoms with van der Waals surface area (Å²) in [5.41, 5.74) is 0. The minimum Gasteiger partial charge on any atom is -0.368 e. The number of ether oxygens (including phenoxy) is 1. The lowest BCUT2D eigenvalue weighted by Gasteiger charge is -2.10. The quantitative estimate of drug-likeness (QED) is 0.553. The van der Waals surface area contributed by atoms with Crippen LogP contribution in [0, 0.1) is 0 Å². The fraction of sp³-hybridized carbons (Fsp3) is 0.778. The number of rotatable bonds is 5. The number of carbonyl (C=O) groups excluding carboxylic acids is 2. The van der Waals surface area contributed by atoms with Gasteiger partial charge in [0.05, 0.1) is 0 Å². The summed E-state index contributed by atoms with van der Waals surface area (Å²) in [5.74, 6) is -0.602. The summed E-state index contributed by atoms with van der Waals surface area (Å²) < 4.78 is 5.19. The van der Waals surface area contributed by atoms with Crippen LogP contribution in [0.4, 0.5) is 0 Å². The topological polar surface area (TPSA) is 67.4 Å². The van der Waals surface area contributed by atoms with Gasteiger partial charge in [-0.25, -0.2) is 0 Å². The molecule has 7 heteroatoms. The second-order valence-electron chi connectivity index (χ2n) is 3.38. The van der Waals surface area contributed by atoms with Crippen molar-refractivity contribution < 1.29 is 14.3 Å². The molecular weight excluding hydrogens is 255 g/mol. The molecule has 0 aliphatic carbocycles. The molecule has 16 heavy (non-hydrogen) atoms. The van der Waals surface area contributed by atoms with Crippen molar-refractivity contribution in [2.75, 3.05) is 19.7 Å². The van der Waals surface area contributed by atoms with Crippen LogP contribution in [0.5, 0.6) is 0 Å². The second kappa shape index (κ2) is 6.93. The van der Waals surface area contributed by atoms with Gasteiger partial charge in [0, 0.05) is 19.7 Å². The maximum atomic E-state index is 11.4. The summed E-state index contributed by atoms with van der Waals surface area (Å²) in [7, 11) is 0. The lowest BCUT2D eigenvalue weighted by Crippen LogP contribution is -2.40.